The first-order chi connectivity index (χ1) is 18.8. The number of fused-ring (bicyclic) bond motifs is 1. The topological polar surface area (TPSA) is 114 Å². The molecule has 4 N–H and O–H groups in total. The number of nitrogens with two attached hydrogens (primary N) is 1. The lowest BCUT2D eigenvalue weighted by Gasteiger charge is -2.21. The van der Waals surface area contributed by atoms with Crippen LogP contribution in [0.25, 0.3) is 22.0 Å². The third-order valence-electron chi connectivity index (χ3n) is 6.95. The maximum atomic E-state index is 13.5. The van der Waals surface area contributed by atoms with Gasteiger partial charge in [0, 0.05) is 17.9 Å². The number of anilines is 1. The molecule has 0 bridgehead atoms. The number of rotatable bonds is 7. The highest BCUT2D eigenvalue weighted by atomic mass is 35.5. The van der Waals surface area contributed by atoms with Crippen molar-refractivity contribution in [1.82, 2.24) is 15.0 Å². The van der Waals surface area contributed by atoms with Gasteiger partial charge in [0.15, 0.2) is 0 Å². The Balaban J connectivity index is 1.59. The molecule has 1 aliphatic rings. The smallest absolute Gasteiger partial charge is 0.260 e. The number of amides is 1. The molecule has 1 amide bonds. The SMILES string of the molecule is Cc1cc(C)cc(-c2c(OCCC3CCCC[NH2+]3)c3cc(C(=O)Nc4cc(Cl)ncn4)c(Cl)cc3[nH]c2=O)c1. The van der Waals surface area contributed by atoms with Crippen LogP contribution in [0.2, 0.25) is 10.2 Å². The molecule has 10 heteroatoms. The van der Waals surface area contributed by atoms with Gasteiger partial charge in [0.2, 0.25) is 0 Å². The molecular weight excluding hydrogens is 537 g/mol. The number of piperidine rings is 1. The van der Waals surface area contributed by atoms with Crippen molar-refractivity contribution in [3.05, 3.63) is 79.9 Å². The molecule has 4 aromatic rings. The van der Waals surface area contributed by atoms with Gasteiger partial charge in [0.05, 0.1) is 40.9 Å². The zero-order valence-corrected chi connectivity index (χ0v) is 23.3. The second-order valence-corrected chi connectivity index (χ2v) is 10.8. The Bertz CT molecular complexity index is 1580. The minimum Gasteiger partial charge on any atom is -0.492 e. The van der Waals surface area contributed by atoms with Crippen LogP contribution in [0.4, 0.5) is 5.82 Å². The number of pyridine rings is 1. The quantitative estimate of drug-likeness (QED) is 0.271. The number of H-pyrrole nitrogens is 1. The summed E-state index contributed by atoms with van der Waals surface area (Å²) in [5.74, 6) is 0.206. The van der Waals surface area contributed by atoms with Gasteiger partial charge in [-0.05, 0) is 50.8 Å². The summed E-state index contributed by atoms with van der Waals surface area (Å²) < 4.78 is 6.42. The van der Waals surface area contributed by atoms with E-state index in [4.69, 9.17) is 27.9 Å². The summed E-state index contributed by atoms with van der Waals surface area (Å²) in [6.45, 7) is 5.56. The first-order valence-electron chi connectivity index (χ1n) is 13.0. The molecule has 3 heterocycles. The predicted molar refractivity (Wildman–Crippen MR) is 154 cm³/mol. The molecule has 0 saturated carbocycles. The van der Waals surface area contributed by atoms with Crippen molar-refractivity contribution in [2.24, 2.45) is 0 Å². The average molecular weight is 567 g/mol. The van der Waals surface area contributed by atoms with E-state index in [1.165, 1.54) is 25.2 Å². The monoisotopic (exact) mass is 566 g/mol. The Labute approximate surface area is 236 Å². The number of aromatic nitrogens is 3. The van der Waals surface area contributed by atoms with Crippen molar-refractivity contribution in [3.8, 4) is 16.9 Å². The highest BCUT2D eigenvalue weighted by Gasteiger charge is 2.22. The van der Waals surface area contributed by atoms with Crippen LogP contribution in [0, 0.1) is 13.8 Å². The van der Waals surface area contributed by atoms with Crippen molar-refractivity contribution < 1.29 is 14.8 Å². The highest BCUT2D eigenvalue weighted by Crippen LogP contribution is 2.36. The van der Waals surface area contributed by atoms with Crippen LogP contribution in [-0.4, -0.2) is 40.1 Å². The first kappa shape index (κ1) is 27.1. The lowest BCUT2D eigenvalue weighted by Crippen LogP contribution is -2.91. The number of hydrogen-bond acceptors (Lipinski definition) is 5. The molecule has 1 fully saturated rings. The molecule has 5 rings (SSSR count). The number of quaternary nitrogens is 1. The summed E-state index contributed by atoms with van der Waals surface area (Å²) in [5, 5.41) is 6.05. The maximum Gasteiger partial charge on any atom is 0.260 e. The standard InChI is InChI=1S/C29H29Cl2N5O3/c1-16-9-17(2)11-18(10-16)26-27(39-8-6-19-5-3-4-7-32-19)21-12-20(22(30)13-23(21)35-29(26)38)28(37)36-25-14-24(31)33-15-34-25/h9-15,19,32H,3-8H2,1-2H3,(H,35,38)(H,33,34,36,37)/p+1. The van der Waals surface area contributed by atoms with Crippen molar-refractivity contribution >= 4 is 45.8 Å². The van der Waals surface area contributed by atoms with Crippen LogP contribution >= 0.6 is 23.2 Å². The highest BCUT2D eigenvalue weighted by molar-refractivity contribution is 6.35. The van der Waals surface area contributed by atoms with E-state index in [9.17, 15) is 9.59 Å². The third-order valence-corrected chi connectivity index (χ3v) is 7.47. The van der Waals surface area contributed by atoms with E-state index in [1.54, 1.807) is 12.1 Å². The van der Waals surface area contributed by atoms with Gasteiger partial charge in [-0.25, -0.2) is 9.97 Å². The minimum absolute atomic E-state index is 0.178. The first-order valence-corrected chi connectivity index (χ1v) is 13.8. The Morgan fingerprint density at radius 2 is 1.90 bits per heavy atom. The van der Waals surface area contributed by atoms with Crippen LogP contribution < -0.4 is 20.9 Å². The van der Waals surface area contributed by atoms with Gasteiger partial charge in [-0.3, -0.25) is 9.59 Å². The number of benzene rings is 2. The molecule has 39 heavy (non-hydrogen) atoms. The van der Waals surface area contributed by atoms with E-state index in [0.717, 1.165) is 36.1 Å². The number of hydrogen-bond donors (Lipinski definition) is 3. The predicted octanol–water partition coefficient (Wildman–Crippen LogP) is 5.05. The number of carbonyl (C=O) groups excluding carboxylic acids is 1. The van der Waals surface area contributed by atoms with E-state index in [0.29, 0.717) is 34.9 Å². The molecule has 1 unspecified atom stereocenters. The van der Waals surface area contributed by atoms with Gasteiger partial charge in [0.1, 0.15) is 23.0 Å². The molecule has 1 atom stereocenters. The molecule has 2 aromatic carbocycles. The lowest BCUT2D eigenvalue weighted by atomic mass is 9.98. The van der Waals surface area contributed by atoms with E-state index in [-0.39, 0.29) is 27.1 Å². The molecule has 2 aromatic heterocycles. The van der Waals surface area contributed by atoms with Crippen molar-refractivity contribution in [2.75, 3.05) is 18.5 Å². The Kier molecular flexibility index (Phi) is 8.16. The van der Waals surface area contributed by atoms with E-state index in [2.05, 4.69) is 31.7 Å². The lowest BCUT2D eigenvalue weighted by molar-refractivity contribution is -0.698. The Hall–Kier alpha value is -3.46. The molecule has 1 aliphatic heterocycles. The zero-order chi connectivity index (χ0) is 27.5. The number of ether oxygens (including phenoxy) is 1. The summed E-state index contributed by atoms with van der Waals surface area (Å²) in [6.07, 6.45) is 5.72. The summed E-state index contributed by atoms with van der Waals surface area (Å²) in [4.78, 5) is 37.5. The Morgan fingerprint density at radius 3 is 2.62 bits per heavy atom. The van der Waals surface area contributed by atoms with Crippen LogP contribution in [0.3, 0.4) is 0 Å². The van der Waals surface area contributed by atoms with E-state index >= 15 is 0 Å². The van der Waals surface area contributed by atoms with Gasteiger partial charge in [-0.2, -0.15) is 0 Å². The Morgan fingerprint density at radius 1 is 1.10 bits per heavy atom. The fraction of sp³-hybridized carbons (Fsp3) is 0.310. The molecule has 1 saturated heterocycles. The van der Waals surface area contributed by atoms with Gasteiger partial charge in [-0.15, -0.1) is 0 Å². The summed E-state index contributed by atoms with van der Waals surface area (Å²) >= 11 is 12.5. The number of nitrogens with one attached hydrogen (secondary N) is 2. The van der Waals surface area contributed by atoms with Crippen LogP contribution in [0.1, 0.15) is 47.2 Å². The van der Waals surface area contributed by atoms with Crippen molar-refractivity contribution in [3.63, 3.8) is 0 Å². The van der Waals surface area contributed by atoms with Crippen molar-refractivity contribution in [1.29, 1.82) is 0 Å². The van der Waals surface area contributed by atoms with Gasteiger partial charge < -0.3 is 20.4 Å². The normalized spacial score (nSPS) is 15.3. The number of nitrogens with zero attached hydrogens (tertiary/aromatic N) is 2. The zero-order valence-electron chi connectivity index (χ0n) is 21.8. The number of aromatic amines is 1. The fourth-order valence-electron chi connectivity index (χ4n) is 5.17. The van der Waals surface area contributed by atoms with Crippen LogP contribution in [0.15, 0.2) is 47.5 Å². The minimum atomic E-state index is -0.474. The van der Waals surface area contributed by atoms with E-state index < -0.39 is 5.91 Å². The van der Waals surface area contributed by atoms with Gasteiger partial charge >= 0.3 is 0 Å². The molecule has 0 radical (unpaired) electrons. The summed E-state index contributed by atoms with van der Waals surface area (Å²) in [5.41, 5.74) is 3.67. The van der Waals surface area contributed by atoms with E-state index in [1.807, 2.05) is 26.0 Å². The summed E-state index contributed by atoms with van der Waals surface area (Å²) in [6, 6.07) is 11.2. The molecular formula is C29H30Cl2N5O3+. The second kappa shape index (κ2) is 11.7. The van der Waals surface area contributed by atoms with Crippen LogP contribution in [0.5, 0.6) is 5.75 Å². The average Bonchev–Trinajstić information content (AvgIpc) is 2.88. The number of halogens is 2. The molecule has 8 nitrogen and oxygen atoms in total. The maximum absolute atomic E-state index is 13.5. The van der Waals surface area contributed by atoms with Gasteiger partial charge in [0.25, 0.3) is 11.5 Å². The molecule has 0 spiro atoms. The molecule has 0 aliphatic carbocycles. The third kappa shape index (κ3) is 6.24. The summed E-state index contributed by atoms with van der Waals surface area (Å²) in [7, 11) is 0. The van der Waals surface area contributed by atoms with Crippen LogP contribution in [-0.2, 0) is 0 Å². The van der Waals surface area contributed by atoms with Crippen molar-refractivity contribution in [2.45, 2.75) is 45.6 Å². The number of aryl methyl sites for hydroxylation is 2. The second-order valence-electron chi connectivity index (χ2n) is 10.0. The largest absolute Gasteiger partial charge is 0.492 e. The fourth-order valence-corrected chi connectivity index (χ4v) is 5.57. The number of carbonyl (C=O) groups is 1. The van der Waals surface area contributed by atoms with Gasteiger partial charge in [-0.1, -0.05) is 52.5 Å². The molecule has 202 valence electrons.